The predicted molar refractivity (Wildman–Crippen MR) is 78.0 cm³/mol. The van der Waals surface area contributed by atoms with Gasteiger partial charge in [0.2, 0.25) is 9.05 Å². The van der Waals surface area contributed by atoms with Gasteiger partial charge in [-0.15, -0.1) is 0 Å². The summed E-state index contributed by atoms with van der Waals surface area (Å²) in [7, 11) is 1.41. The molecule has 1 rings (SSSR count). The van der Waals surface area contributed by atoms with Crippen molar-refractivity contribution < 1.29 is 17.9 Å². The monoisotopic (exact) mass is 330 g/mol. The van der Waals surface area contributed by atoms with E-state index in [-0.39, 0.29) is 26.0 Å². The third-order valence-corrected chi connectivity index (χ3v) is 4.62. The first-order chi connectivity index (χ1) is 9.93. The normalized spacial score (nSPS) is 12.2. The fourth-order valence-corrected chi connectivity index (χ4v) is 2.68. The van der Waals surface area contributed by atoms with Crippen LogP contribution in [0.3, 0.4) is 0 Å². The average molecular weight is 331 g/mol. The summed E-state index contributed by atoms with van der Waals surface area (Å²) < 4.78 is 27.5. The second-order valence-corrected chi connectivity index (χ2v) is 7.15. The highest BCUT2D eigenvalue weighted by atomic mass is 35.7. The molecular formula is C13H15ClN2O4S. The molecule has 1 amide bonds. The van der Waals surface area contributed by atoms with Gasteiger partial charge in [-0.2, -0.15) is 5.26 Å². The van der Waals surface area contributed by atoms with Crippen LogP contribution in [0.15, 0.2) is 30.3 Å². The lowest BCUT2D eigenvalue weighted by molar-refractivity contribution is 0.139. The maximum atomic E-state index is 11.5. The van der Waals surface area contributed by atoms with E-state index in [1.54, 1.807) is 12.1 Å². The largest absolute Gasteiger partial charge is 0.445 e. The minimum Gasteiger partial charge on any atom is -0.445 e. The Bertz CT molecular complexity index is 598. The zero-order valence-corrected chi connectivity index (χ0v) is 12.7. The van der Waals surface area contributed by atoms with Crippen LogP contribution in [-0.2, 0) is 20.4 Å². The van der Waals surface area contributed by atoms with E-state index >= 15 is 0 Å². The minimum absolute atomic E-state index is 0.0390. The average Bonchev–Trinajstić information content (AvgIpc) is 2.45. The number of hydrogen-bond acceptors (Lipinski definition) is 5. The van der Waals surface area contributed by atoms with Crippen LogP contribution in [0, 0.1) is 11.3 Å². The lowest BCUT2D eigenvalue weighted by atomic mass is 10.2. The van der Waals surface area contributed by atoms with Crippen molar-refractivity contribution in [2.75, 3.05) is 6.54 Å². The molecule has 0 aliphatic heterocycles. The number of amides is 1. The maximum absolute atomic E-state index is 11.5. The molecule has 0 saturated carbocycles. The Morgan fingerprint density at radius 3 is 2.62 bits per heavy atom. The Labute approximate surface area is 128 Å². The maximum Gasteiger partial charge on any atom is 0.407 e. The molecule has 114 valence electrons. The summed E-state index contributed by atoms with van der Waals surface area (Å²) in [4.78, 5) is 11.5. The standard InChI is InChI=1S/C13H15ClN2O4S/c14-21(18,19)12(7-4-8-15)9-16-13(17)20-10-11-5-2-1-3-6-11/h1-3,5-6,12H,4,7,9-10H2,(H,16,17). The summed E-state index contributed by atoms with van der Waals surface area (Å²) in [5.41, 5.74) is 0.818. The number of alkyl carbamates (subject to hydrolysis) is 1. The minimum atomic E-state index is -3.85. The first-order valence-corrected chi connectivity index (χ1v) is 8.55. The zero-order valence-electron chi connectivity index (χ0n) is 11.2. The quantitative estimate of drug-likeness (QED) is 0.773. The summed E-state index contributed by atoms with van der Waals surface area (Å²) in [6, 6.07) is 10.9. The lowest BCUT2D eigenvalue weighted by Crippen LogP contribution is -2.35. The molecule has 1 atom stereocenters. The predicted octanol–water partition coefficient (Wildman–Crippen LogP) is 2.15. The van der Waals surface area contributed by atoms with E-state index in [2.05, 4.69) is 5.32 Å². The van der Waals surface area contributed by atoms with Crippen molar-refractivity contribution in [3.8, 4) is 6.07 Å². The van der Waals surface area contributed by atoms with E-state index in [0.29, 0.717) is 0 Å². The number of hydrogen-bond donors (Lipinski definition) is 1. The molecule has 8 heteroatoms. The van der Waals surface area contributed by atoms with Crippen LogP contribution >= 0.6 is 10.7 Å². The summed E-state index contributed by atoms with van der Waals surface area (Å²) in [6.07, 6.45) is -0.639. The lowest BCUT2D eigenvalue weighted by Gasteiger charge is -2.13. The fourth-order valence-electron chi connectivity index (χ4n) is 1.54. The Kier molecular flexibility index (Phi) is 6.99. The van der Waals surface area contributed by atoms with Gasteiger partial charge >= 0.3 is 6.09 Å². The van der Waals surface area contributed by atoms with Crippen molar-refractivity contribution in [3.05, 3.63) is 35.9 Å². The number of carbonyl (C=O) groups excluding carboxylic acids is 1. The number of benzene rings is 1. The SMILES string of the molecule is N#CCCC(CNC(=O)OCc1ccccc1)S(=O)(=O)Cl. The van der Waals surface area contributed by atoms with Crippen molar-refractivity contribution in [1.82, 2.24) is 5.32 Å². The van der Waals surface area contributed by atoms with Gasteiger partial charge in [-0.05, 0) is 12.0 Å². The molecule has 21 heavy (non-hydrogen) atoms. The van der Waals surface area contributed by atoms with Crippen LogP contribution in [0.5, 0.6) is 0 Å². The number of rotatable bonds is 7. The molecule has 0 fully saturated rings. The van der Waals surface area contributed by atoms with E-state index in [0.717, 1.165) is 5.56 Å². The molecule has 0 aliphatic rings. The number of halogens is 1. The number of nitrogens with one attached hydrogen (secondary N) is 1. The van der Waals surface area contributed by atoms with Gasteiger partial charge in [-0.1, -0.05) is 30.3 Å². The molecular weight excluding hydrogens is 316 g/mol. The number of nitriles is 1. The van der Waals surface area contributed by atoms with Gasteiger partial charge in [0, 0.05) is 23.6 Å². The van der Waals surface area contributed by atoms with Crippen LogP contribution in [0.2, 0.25) is 0 Å². The van der Waals surface area contributed by atoms with Crippen LogP contribution in [0.1, 0.15) is 18.4 Å². The van der Waals surface area contributed by atoms with E-state index in [9.17, 15) is 13.2 Å². The Balaban J connectivity index is 2.41. The fraction of sp³-hybridized carbons (Fsp3) is 0.385. The van der Waals surface area contributed by atoms with Crippen molar-refractivity contribution in [1.29, 1.82) is 5.26 Å². The molecule has 0 radical (unpaired) electrons. The molecule has 0 bridgehead atoms. The first-order valence-electron chi connectivity index (χ1n) is 6.18. The molecule has 1 N–H and O–H groups in total. The van der Waals surface area contributed by atoms with E-state index in [1.165, 1.54) is 0 Å². The van der Waals surface area contributed by atoms with Crippen molar-refractivity contribution in [3.63, 3.8) is 0 Å². The summed E-state index contributed by atoms with van der Waals surface area (Å²) in [5, 5.41) is 9.79. The summed E-state index contributed by atoms with van der Waals surface area (Å²) in [5.74, 6) is 0. The van der Waals surface area contributed by atoms with Crippen molar-refractivity contribution in [2.24, 2.45) is 0 Å². The molecule has 1 unspecified atom stereocenters. The summed E-state index contributed by atoms with van der Waals surface area (Å²) in [6.45, 7) is -0.107. The van der Waals surface area contributed by atoms with Crippen molar-refractivity contribution in [2.45, 2.75) is 24.7 Å². The first kappa shape index (κ1) is 17.3. The van der Waals surface area contributed by atoms with Gasteiger partial charge < -0.3 is 10.1 Å². The molecule has 6 nitrogen and oxygen atoms in total. The second-order valence-electron chi connectivity index (χ2n) is 4.24. The van der Waals surface area contributed by atoms with Crippen LogP contribution in [-0.4, -0.2) is 26.3 Å². The Morgan fingerprint density at radius 2 is 2.05 bits per heavy atom. The van der Waals surface area contributed by atoms with Crippen molar-refractivity contribution >= 4 is 25.8 Å². The zero-order chi connectivity index (χ0) is 15.7. The molecule has 0 aliphatic carbocycles. The van der Waals surface area contributed by atoms with E-state index in [4.69, 9.17) is 20.7 Å². The number of nitrogens with zero attached hydrogens (tertiary/aromatic N) is 1. The highest BCUT2D eigenvalue weighted by molar-refractivity contribution is 8.14. The molecule has 0 heterocycles. The van der Waals surface area contributed by atoms with Crippen LogP contribution in [0.4, 0.5) is 4.79 Å². The molecule has 1 aromatic carbocycles. The van der Waals surface area contributed by atoms with E-state index in [1.807, 2.05) is 24.3 Å². The third kappa shape index (κ3) is 6.97. The van der Waals surface area contributed by atoms with Crippen LogP contribution < -0.4 is 5.32 Å². The highest BCUT2D eigenvalue weighted by Gasteiger charge is 2.23. The number of carbonyl (C=O) groups is 1. The molecule has 0 spiro atoms. The highest BCUT2D eigenvalue weighted by Crippen LogP contribution is 2.12. The van der Waals surface area contributed by atoms with Crippen LogP contribution in [0.25, 0.3) is 0 Å². The summed E-state index contributed by atoms with van der Waals surface area (Å²) >= 11 is 0. The van der Waals surface area contributed by atoms with Gasteiger partial charge in [0.25, 0.3) is 0 Å². The smallest absolute Gasteiger partial charge is 0.407 e. The number of ether oxygens (including phenoxy) is 1. The molecule has 1 aromatic rings. The molecule has 0 aromatic heterocycles. The van der Waals surface area contributed by atoms with Gasteiger partial charge in [0.1, 0.15) is 6.61 Å². The van der Waals surface area contributed by atoms with Gasteiger partial charge in [0.15, 0.2) is 0 Å². The topological polar surface area (TPSA) is 96.3 Å². The third-order valence-electron chi connectivity index (χ3n) is 2.66. The molecule has 0 saturated heterocycles. The Morgan fingerprint density at radius 1 is 1.38 bits per heavy atom. The van der Waals surface area contributed by atoms with Gasteiger partial charge in [-0.25, -0.2) is 13.2 Å². The van der Waals surface area contributed by atoms with Gasteiger partial charge in [0.05, 0.1) is 11.3 Å². The Hall–Kier alpha value is -1.78. The second kappa shape index (κ2) is 8.49. The van der Waals surface area contributed by atoms with E-state index < -0.39 is 20.4 Å². The van der Waals surface area contributed by atoms with Gasteiger partial charge in [-0.3, -0.25) is 0 Å².